The number of hydrogen-bond donors (Lipinski definition) is 1. The maximum atomic E-state index is 11.5. The van der Waals surface area contributed by atoms with Crippen molar-refractivity contribution >= 4 is 21.6 Å². The zero-order chi connectivity index (χ0) is 13.8. The summed E-state index contributed by atoms with van der Waals surface area (Å²) in [5.41, 5.74) is -0.264. The number of rotatable bonds is 6. The van der Waals surface area contributed by atoms with E-state index in [1.807, 2.05) is 0 Å². The van der Waals surface area contributed by atoms with Gasteiger partial charge in [-0.15, -0.1) is 0 Å². The molecule has 0 aliphatic carbocycles. The largest absolute Gasteiger partial charge is 0.388 e. The lowest BCUT2D eigenvalue weighted by atomic mass is 10.3. The van der Waals surface area contributed by atoms with E-state index < -0.39 is 34.0 Å². The molecule has 0 aromatic heterocycles. The highest BCUT2D eigenvalue weighted by Gasteiger charge is 2.18. The van der Waals surface area contributed by atoms with Crippen LogP contribution in [0.25, 0.3) is 0 Å². The molecule has 0 amide bonds. The van der Waals surface area contributed by atoms with E-state index in [0.717, 1.165) is 24.3 Å². The van der Waals surface area contributed by atoms with Crippen LogP contribution in [0.1, 0.15) is 0 Å². The zero-order valence-corrected chi connectivity index (χ0v) is 9.79. The molecule has 18 heavy (non-hydrogen) atoms. The Hall–Kier alpha value is -1.84. The third kappa shape index (κ3) is 3.58. The fourth-order valence-corrected chi connectivity index (χ4v) is 1.88. The number of Topliss-reactive ketones (excluding diaryl/α,β-unsaturated/α-hetero) is 1. The average Bonchev–Trinajstić information content (AvgIpc) is 2.36. The summed E-state index contributed by atoms with van der Waals surface area (Å²) in [4.78, 5) is 20.1. The summed E-state index contributed by atoms with van der Waals surface area (Å²) in [6, 6.07) is 4.00. The first-order chi connectivity index (χ1) is 8.36. The quantitative estimate of drug-likeness (QED) is 0.435. The van der Waals surface area contributed by atoms with Crippen LogP contribution >= 0.6 is 0 Å². The van der Waals surface area contributed by atoms with Gasteiger partial charge >= 0.3 is 0 Å². The number of hydrogen-bond acceptors (Lipinski definition) is 7. The Morgan fingerprint density at radius 2 is 1.89 bits per heavy atom. The van der Waals surface area contributed by atoms with Gasteiger partial charge in [-0.2, -0.15) is 8.42 Å². The lowest BCUT2D eigenvalue weighted by Crippen LogP contribution is -2.17. The van der Waals surface area contributed by atoms with Crippen LogP contribution in [0.15, 0.2) is 29.2 Å². The monoisotopic (exact) mass is 275 g/mol. The van der Waals surface area contributed by atoms with Crippen LogP contribution in [-0.2, 0) is 19.1 Å². The number of nitro groups is 1. The molecule has 0 atom stereocenters. The summed E-state index contributed by atoms with van der Waals surface area (Å²) < 4.78 is 27.4. The maximum absolute atomic E-state index is 11.5. The highest BCUT2D eigenvalue weighted by atomic mass is 32.2. The molecule has 9 heteroatoms. The molecule has 1 N–H and O–H groups in total. The van der Waals surface area contributed by atoms with Gasteiger partial charge in [0.15, 0.2) is 5.78 Å². The molecular weight excluding hydrogens is 266 g/mol. The van der Waals surface area contributed by atoms with Gasteiger partial charge in [0.2, 0.25) is 0 Å². The summed E-state index contributed by atoms with van der Waals surface area (Å²) in [5, 5.41) is 18.8. The second kappa shape index (κ2) is 5.67. The number of ketones is 1. The molecule has 1 aromatic carbocycles. The normalized spacial score (nSPS) is 11.2. The van der Waals surface area contributed by atoms with Crippen molar-refractivity contribution in [1.29, 1.82) is 0 Å². The lowest BCUT2D eigenvalue weighted by molar-refractivity contribution is -0.384. The number of aliphatic hydroxyl groups excluding tert-OH is 1. The molecule has 1 aromatic rings. The first-order valence-corrected chi connectivity index (χ1v) is 6.04. The Morgan fingerprint density at radius 1 is 1.33 bits per heavy atom. The SMILES string of the molecule is O=C(CO)COS(=O)(=O)c1ccc([N+](=O)[O-])cc1. The second-order valence-electron chi connectivity index (χ2n) is 3.16. The molecule has 0 heterocycles. The number of carbonyl (C=O) groups is 1. The molecule has 0 radical (unpaired) electrons. The molecule has 8 nitrogen and oxygen atoms in total. The fraction of sp³-hybridized carbons (Fsp3) is 0.222. The van der Waals surface area contributed by atoms with Gasteiger partial charge in [-0.05, 0) is 12.1 Å². The molecule has 0 saturated carbocycles. The molecule has 0 unspecified atom stereocenters. The topological polar surface area (TPSA) is 124 Å². The van der Waals surface area contributed by atoms with E-state index in [-0.39, 0.29) is 10.6 Å². The van der Waals surface area contributed by atoms with Gasteiger partial charge in [0, 0.05) is 12.1 Å². The number of benzene rings is 1. The second-order valence-corrected chi connectivity index (χ2v) is 4.78. The van der Waals surface area contributed by atoms with Gasteiger partial charge in [0.25, 0.3) is 15.8 Å². The van der Waals surface area contributed by atoms with E-state index in [1.54, 1.807) is 0 Å². The Balaban J connectivity index is 2.85. The van der Waals surface area contributed by atoms with Crippen molar-refractivity contribution < 1.29 is 27.4 Å². The van der Waals surface area contributed by atoms with Gasteiger partial charge in [-0.1, -0.05) is 0 Å². The van der Waals surface area contributed by atoms with E-state index in [2.05, 4.69) is 4.18 Å². The van der Waals surface area contributed by atoms with Crippen molar-refractivity contribution in [3.05, 3.63) is 34.4 Å². The van der Waals surface area contributed by atoms with E-state index in [9.17, 15) is 23.3 Å². The fourth-order valence-electron chi connectivity index (χ4n) is 0.992. The minimum atomic E-state index is -4.16. The van der Waals surface area contributed by atoms with Crippen molar-refractivity contribution in [2.24, 2.45) is 0 Å². The molecule has 0 aliphatic rings. The number of non-ortho nitro benzene ring substituents is 1. The minimum Gasteiger partial charge on any atom is -0.388 e. The van der Waals surface area contributed by atoms with Crippen LogP contribution in [0.5, 0.6) is 0 Å². The standard InChI is InChI=1S/C9H9NO7S/c11-5-8(12)6-17-18(15,16)9-3-1-7(2-4-9)10(13)14/h1-4,11H,5-6H2. The molecule has 0 bridgehead atoms. The van der Waals surface area contributed by atoms with Crippen LogP contribution in [-0.4, -0.2) is 37.4 Å². The van der Waals surface area contributed by atoms with Crippen LogP contribution in [0.4, 0.5) is 5.69 Å². The van der Waals surface area contributed by atoms with Crippen molar-refractivity contribution in [3.8, 4) is 0 Å². The maximum Gasteiger partial charge on any atom is 0.297 e. The van der Waals surface area contributed by atoms with E-state index in [0.29, 0.717) is 0 Å². The summed E-state index contributed by atoms with van der Waals surface area (Å²) in [6.07, 6.45) is 0. The molecule has 0 aliphatic heterocycles. The molecule has 0 saturated heterocycles. The van der Waals surface area contributed by atoms with Crippen molar-refractivity contribution in [3.63, 3.8) is 0 Å². The average molecular weight is 275 g/mol. The third-order valence-electron chi connectivity index (χ3n) is 1.89. The van der Waals surface area contributed by atoms with E-state index in [1.165, 1.54) is 0 Å². The first-order valence-electron chi connectivity index (χ1n) is 4.63. The van der Waals surface area contributed by atoms with Gasteiger partial charge in [-0.3, -0.25) is 19.1 Å². The Bertz CT molecular complexity index is 549. The van der Waals surface area contributed by atoms with Crippen molar-refractivity contribution in [1.82, 2.24) is 0 Å². The Kier molecular flexibility index (Phi) is 4.48. The van der Waals surface area contributed by atoms with Crippen molar-refractivity contribution in [2.45, 2.75) is 4.90 Å². The Labute approximate surface area is 102 Å². The van der Waals surface area contributed by atoms with Crippen LogP contribution in [0.3, 0.4) is 0 Å². The van der Waals surface area contributed by atoms with Gasteiger partial charge in [0.1, 0.15) is 13.2 Å². The molecule has 1 rings (SSSR count). The molecule has 0 spiro atoms. The van der Waals surface area contributed by atoms with Crippen LogP contribution in [0.2, 0.25) is 0 Å². The van der Waals surface area contributed by atoms with Gasteiger partial charge in [0.05, 0.1) is 9.82 Å². The van der Waals surface area contributed by atoms with Gasteiger partial charge < -0.3 is 5.11 Å². The molecule has 0 fully saturated rings. The summed E-state index contributed by atoms with van der Waals surface area (Å²) in [6.45, 7) is -1.61. The third-order valence-corrected chi connectivity index (χ3v) is 3.17. The highest BCUT2D eigenvalue weighted by Crippen LogP contribution is 2.17. The number of aliphatic hydroxyl groups is 1. The van der Waals surface area contributed by atoms with Crippen molar-refractivity contribution in [2.75, 3.05) is 13.2 Å². The summed E-state index contributed by atoms with van der Waals surface area (Å²) in [7, 11) is -4.16. The van der Waals surface area contributed by atoms with Crippen LogP contribution in [0, 0.1) is 10.1 Å². The molecular formula is C9H9NO7S. The zero-order valence-electron chi connectivity index (χ0n) is 8.98. The number of nitro benzene ring substituents is 1. The summed E-state index contributed by atoms with van der Waals surface area (Å²) >= 11 is 0. The smallest absolute Gasteiger partial charge is 0.297 e. The molecule has 98 valence electrons. The number of carbonyl (C=O) groups excluding carboxylic acids is 1. The van der Waals surface area contributed by atoms with Crippen LogP contribution < -0.4 is 0 Å². The highest BCUT2D eigenvalue weighted by molar-refractivity contribution is 7.86. The summed E-state index contributed by atoms with van der Waals surface area (Å²) in [5.74, 6) is -0.791. The predicted molar refractivity (Wildman–Crippen MR) is 58.3 cm³/mol. The van der Waals surface area contributed by atoms with E-state index in [4.69, 9.17) is 5.11 Å². The number of nitrogens with zero attached hydrogens (tertiary/aromatic N) is 1. The predicted octanol–water partition coefficient (Wildman–Crippen LogP) is -0.138. The van der Waals surface area contributed by atoms with E-state index >= 15 is 0 Å². The Morgan fingerprint density at radius 3 is 2.33 bits per heavy atom. The lowest BCUT2D eigenvalue weighted by Gasteiger charge is -2.03. The first kappa shape index (κ1) is 14.2. The minimum absolute atomic E-state index is 0.264. The van der Waals surface area contributed by atoms with Gasteiger partial charge in [-0.25, -0.2) is 0 Å².